The molecule has 0 aromatic heterocycles. The Morgan fingerprint density at radius 3 is 2.71 bits per heavy atom. The van der Waals surface area contributed by atoms with Crippen LogP contribution in [0.2, 0.25) is 0 Å². The maximum atomic E-state index is 10.5. The number of hydrogen-bond donors (Lipinski definition) is 2. The van der Waals surface area contributed by atoms with Crippen molar-refractivity contribution in [3.63, 3.8) is 0 Å². The van der Waals surface area contributed by atoms with Crippen molar-refractivity contribution in [2.75, 3.05) is 13.2 Å². The van der Waals surface area contributed by atoms with Crippen molar-refractivity contribution in [1.82, 2.24) is 5.32 Å². The Morgan fingerprint density at radius 2 is 2.24 bits per heavy atom. The molecular weight excluding hydrogens is 224 g/mol. The minimum Gasteiger partial charge on any atom is -0.394 e. The van der Waals surface area contributed by atoms with Crippen LogP contribution in [0.25, 0.3) is 0 Å². The van der Waals surface area contributed by atoms with E-state index in [4.69, 9.17) is 4.74 Å². The molecule has 0 saturated carbocycles. The highest BCUT2D eigenvalue weighted by atomic mass is 16.6. The van der Waals surface area contributed by atoms with Gasteiger partial charge in [0, 0.05) is 12.1 Å². The molecule has 1 aliphatic rings. The average molecular weight is 238 g/mol. The average Bonchev–Trinajstić information content (AvgIpc) is 2.73. The SMILES string of the molecule is CC1(CO)COC(c2ccc([N+](=O)[O-])cc2)N1. The highest BCUT2D eigenvalue weighted by molar-refractivity contribution is 5.34. The standard InChI is InChI=1S/C11H14N2O4/c1-11(6-14)7-17-10(12-11)8-2-4-9(5-3-8)13(15)16/h2-5,10,12,14H,6-7H2,1H3. The zero-order valence-electron chi connectivity index (χ0n) is 9.42. The predicted molar refractivity (Wildman–Crippen MR) is 60.4 cm³/mol. The summed E-state index contributed by atoms with van der Waals surface area (Å²) in [5.41, 5.74) is 0.413. The van der Waals surface area contributed by atoms with Crippen molar-refractivity contribution in [1.29, 1.82) is 0 Å². The smallest absolute Gasteiger partial charge is 0.269 e. The molecule has 0 amide bonds. The van der Waals surface area contributed by atoms with Gasteiger partial charge in [-0.05, 0) is 24.6 Å². The minimum absolute atomic E-state index is 0.0174. The lowest BCUT2D eigenvalue weighted by atomic mass is 10.1. The van der Waals surface area contributed by atoms with Crippen LogP contribution in [0.4, 0.5) is 5.69 Å². The highest BCUT2D eigenvalue weighted by Gasteiger charge is 2.35. The van der Waals surface area contributed by atoms with Crippen LogP contribution in [0.5, 0.6) is 0 Å². The van der Waals surface area contributed by atoms with Crippen molar-refractivity contribution in [3.8, 4) is 0 Å². The number of aliphatic hydroxyl groups excluding tert-OH is 1. The Labute approximate surface area is 98.4 Å². The van der Waals surface area contributed by atoms with Crippen LogP contribution in [-0.2, 0) is 4.74 Å². The molecule has 1 fully saturated rings. The largest absolute Gasteiger partial charge is 0.394 e. The van der Waals surface area contributed by atoms with Gasteiger partial charge >= 0.3 is 0 Å². The maximum absolute atomic E-state index is 10.5. The van der Waals surface area contributed by atoms with Gasteiger partial charge in [0.1, 0.15) is 6.23 Å². The number of nitrogens with one attached hydrogen (secondary N) is 1. The Hall–Kier alpha value is -1.50. The topological polar surface area (TPSA) is 84.6 Å². The number of hydrogen-bond acceptors (Lipinski definition) is 5. The normalized spacial score (nSPS) is 28.2. The number of nitro groups is 1. The minimum atomic E-state index is -0.452. The molecule has 0 radical (unpaired) electrons. The molecule has 2 unspecified atom stereocenters. The number of ether oxygens (including phenoxy) is 1. The van der Waals surface area contributed by atoms with Crippen molar-refractivity contribution < 1.29 is 14.8 Å². The zero-order chi connectivity index (χ0) is 12.5. The molecule has 17 heavy (non-hydrogen) atoms. The van der Waals surface area contributed by atoms with E-state index >= 15 is 0 Å². The molecule has 1 aromatic rings. The number of rotatable bonds is 3. The van der Waals surface area contributed by atoms with Crippen LogP contribution in [0.1, 0.15) is 18.7 Å². The van der Waals surface area contributed by atoms with E-state index in [-0.39, 0.29) is 18.5 Å². The molecule has 1 saturated heterocycles. The molecule has 2 N–H and O–H groups in total. The van der Waals surface area contributed by atoms with Crippen molar-refractivity contribution in [2.24, 2.45) is 0 Å². The lowest BCUT2D eigenvalue weighted by molar-refractivity contribution is -0.384. The number of nitrogens with zero attached hydrogens (tertiary/aromatic N) is 1. The van der Waals surface area contributed by atoms with Gasteiger partial charge in [-0.15, -0.1) is 0 Å². The molecule has 2 rings (SSSR count). The summed E-state index contributed by atoms with van der Waals surface area (Å²) >= 11 is 0. The van der Waals surface area contributed by atoms with E-state index in [0.717, 1.165) is 5.56 Å². The van der Waals surface area contributed by atoms with Gasteiger partial charge in [-0.25, -0.2) is 0 Å². The molecular formula is C11H14N2O4. The summed E-state index contributed by atoms with van der Waals surface area (Å²) in [4.78, 5) is 10.1. The van der Waals surface area contributed by atoms with Crippen LogP contribution in [-0.4, -0.2) is 28.8 Å². The van der Waals surface area contributed by atoms with Crippen molar-refractivity contribution in [3.05, 3.63) is 39.9 Å². The van der Waals surface area contributed by atoms with E-state index < -0.39 is 10.5 Å². The van der Waals surface area contributed by atoms with Crippen LogP contribution in [0.3, 0.4) is 0 Å². The third-order valence-corrected chi connectivity index (χ3v) is 2.80. The summed E-state index contributed by atoms with van der Waals surface area (Å²) < 4.78 is 5.50. The van der Waals surface area contributed by atoms with E-state index in [2.05, 4.69) is 5.32 Å². The first-order chi connectivity index (χ1) is 8.04. The molecule has 2 atom stereocenters. The lowest BCUT2D eigenvalue weighted by Crippen LogP contribution is -2.43. The monoisotopic (exact) mass is 238 g/mol. The second-order valence-electron chi connectivity index (χ2n) is 4.40. The summed E-state index contributed by atoms with van der Waals surface area (Å²) in [6.45, 7) is 2.25. The van der Waals surface area contributed by atoms with Gasteiger partial charge in [0.2, 0.25) is 0 Å². The number of aliphatic hydroxyl groups is 1. The summed E-state index contributed by atoms with van der Waals surface area (Å²) in [6, 6.07) is 6.18. The third kappa shape index (κ3) is 2.44. The van der Waals surface area contributed by atoms with Crippen molar-refractivity contribution >= 4 is 5.69 Å². The second-order valence-corrected chi connectivity index (χ2v) is 4.40. The quantitative estimate of drug-likeness (QED) is 0.605. The zero-order valence-corrected chi connectivity index (χ0v) is 9.42. The molecule has 6 nitrogen and oxygen atoms in total. The first-order valence-corrected chi connectivity index (χ1v) is 5.29. The lowest BCUT2D eigenvalue weighted by Gasteiger charge is -2.20. The van der Waals surface area contributed by atoms with Gasteiger partial charge in [-0.2, -0.15) is 0 Å². The van der Waals surface area contributed by atoms with Crippen molar-refractivity contribution in [2.45, 2.75) is 18.7 Å². The molecule has 1 aliphatic heterocycles. The summed E-state index contributed by atoms with van der Waals surface area (Å²) in [5, 5.41) is 22.8. The van der Waals surface area contributed by atoms with Crippen LogP contribution in [0.15, 0.2) is 24.3 Å². The highest BCUT2D eigenvalue weighted by Crippen LogP contribution is 2.27. The van der Waals surface area contributed by atoms with E-state index in [1.54, 1.807) is 12.1 Å². The van der Waals surface area contributed by atoms with E-state index in [9.17, 15) is 15.2 Å². The Bertz CT molecular complexity index is 420. The molecule has 0 aliphatic carbocycles. The molecule has 0 bridgehead atoms. The predicted octanol–water partition coefficient (Wildman–Crippen LogP) is 0.964. The fourth-order valence-corrected chi connectivity index (χ4v) is 1.71. The Morgan fingerprint density at radius 1 is 1.59 bits per heavy atom. The van der Waals surface area contributed by atoms with E-state index in [0.29, 0.717) is 6.61 Å². The fraction of sp³-hybridized carbons (Fsp3) is 0.455. The van der Waals surface area contributed by atoms with Gasteiger partial charge in [0.25, 0.3) is 5.69 Å². The Kier molecular flexibility index (Phi) is 3.10. The molecule has 1 heterocycles. The third-order valence-electron chi connectivity index (χ3n) is 2.80. The fourth-order valence-electron chi connectivity index (χ4n) is 1.71. The molecule has 1 aromatic carbocycles. The second kappa shape index (κ2) is 4.40. The van der Waals surface area contributed by atoms with E-state index in [1.807, 2.05) is 6.92 Å². The number of benzene rings is 1. The first kappa shape index (κ1) is 12.0. The van der Waals surface area contributed by atoms with Gasteiger partial charge in [-0.3, -0.25) is 15.4 Å². The van der Waals surface area contributed by atoms with Gasteiger partial charge in [-0.1, -0.05) is 0 Å². The summed E-state index contributed by atoms with van der Waals surface area (Å²) in [7, 11) is 0. The van der Waals surface area contributed by atoms with Gasteiger partial charge < -0.3 is 9.84 Å². The van der Waals surface area contributed by atoms with Crippen LogP contribution >= 0.6 is 0 Å². The van der Waals surface area contributed by atoms with Gasteiger partial charge in [0.05, 0.1) is 23.7 Å². The van der Waals surface area contributed by atoms with E-state index in [1.165, 1.54) is 12.1 Å². The van der Waals surface area contributed by atoms with Gasteiger partial charge in [0.15, 0.2) is 0 Å². The summed E-state index contributed by atoms with van der Waals surface area (Å²) in [5.74, 6) is 0. The Balaban J connectivity index is 2.12. The number of nitro benzene ring substituents is 1. The molecule has 92 valence electrons. The molecule has 0 spiro atoms. The summed E-state index contributed by atoms with van der Waals surface area (Å²) in [6.07, 6.45) is -0.326. The molecule has 6 heteroatoms. The number of non-ortho nitro benzene ring substituents is 1. The van der Waals surface area contributed by atoms with Crippen LogP contribution < -0.4 is 5.32 Å². The van der Waals surface area contributed by atoms with Crippen LogP contribution in [0, 0.1) is 10.1 Å². The maximum Gasteiger partial charge on any atom is 0.269 e. The first-order valence-electron chi connectivity index (χ1n) is 5.29.